The van der Waals surface area contributed by atoms with Crippen LogP contribution >= 0.6 is 0 Å². The predicted molar refractivity (Wildman–Crippen MR) is 98.6 cm³/mol. The Hall–Kier alpha value is -2.75. The molecule has 0 heterocycles. The van der Waals surface area contributed by atoms with Crippen molar-refractivity contribution in [1.29, 1.82) is 0 Å². The van der Waals surface area contributed by atoms with Crippen molar-refractivity contribution in [1.82, 2.24) is 4.90 Å². The van der Waals surface area contributed by atoms with Crippen LogP contribution in [-0.4, -0.2) is 31.1 Å². The summed E-state index contributed by atoms with van der Waals surface area (Å²) in [5.74, 6) is 1.56. The van der Waals surface area contributed by atoms with E-state index in [2.05, 4.69) is 0 Å². The highest BCUT2D eigenvalue weighted by atomic mass is 16.5. The first-order chi connectivity index (χ1) is 12.2. The van der Waals surface area contributed by atoms with E-state index < -0.39 is 0 Å². The van der Waals surface area contributed by atoms with Gasteiger partial charge < -0.3 is 14.4 Å². The molecule has 0 aliphatic heterocycles. The quantitative estimate of drug-likeness (QED) is 0.719. The molecule has 0 unspecified atom stereocenters. The van der Waals surface area contributed by atoms with Gasteiger partial charge in [-0.15, -0.1) is 0 Å². The van der Waals surface area contributed by atoms with Crippen molar-refractivity contribution < 1.29 is 14.3 Å². The van der Waals surface area contributed by atoms with Crippen molar-refractivity contribution in [3.05, 3.63) is 65.7 Å². The number of amides is 1. The van der Waals surface area contributed by atoms with E-state index in [0.717, 1.165) is 35.5 Å². The van der Waals surface area contributed by atoms with Crippen LogP contribution in [0.5, 0.6) is 11.5 Å². The first-order valence-corrected chi connectivity index (χ1v) is 8.46. The Bertz CT molecular complexity index is 751. The van der Waals surface area contributed by atoms with Crippen molar-refractivity contribution in [3.63, 3.8) is 0 Å². The molecule has 1 saturated carbocycles. The maximum Gasteiger partial charge on any atom is 0.247 e. The van der Waals surface area contributed by atoms with E-state index in [9.17, 15) is 4.79 Å². The molecule has 1 aliphatic carbocycles. The van der Waals surface area contributed by atoms with Crippen LogP contribution in [0.25, 0.3) is 6.08 Å². The van der Waals surface area contributed by atoms with Gasteiger partial charge in [0.25, 0.3) is 0 Å². The molecule has 25 heavy (non-hydrogen) atoms. The Morgan fingerprint density at radius 2 is 1.88 bits per heavy atom. The second kappa shape index (κ2) is 7.88. The van der Waals surface area contributed by atoms with Gasteiger partial charge in [0.15, 0.2) is 0 Å². The molecule has 1 fully saturated rings. The predicted octanol–water partition coefficient (Wildman–Crippen LogP) is 3.91. The number of carbonyl (C=O) groups excluding carboxylic acids is 1. The molecule has 130 valence electrons. The Balaban J connectivity index is 1.78. The maximum absolute atomic E-state index is 12.7. The number of carbonyl (C=O) groups is 1. The molecule has 1 aliphatic rings. The summed E-state index contributed by atoms with van der Waals surface area (Å²) in [6, 6.07) is 15.8. The zero-order chi connectivity index (χ0) is 17.6. The molecule has 2 aromatic carbocycles. The van der Waals surface area contributed by atoms with E-state index in [-0.39, 0.29) is 5.91 Å². The summed E-state index contributed by atoms with van der Waals surface area (Å²) in [4.78, 5) is 14.6. The number of benzene rings is 2. The summed E-state index contributed by atoms with van der Waals surface area (Å²) in [6.07, 6.45) is 5.62. The molecule has 4 nitrogen and oxygen atoms in total. The minimum atomic E-state index is 0.0243. The van der Waals surface area contributed by atoms with E-state index in [4.69, 9.17) is 9.47 Å². The average molecular weight is 337 g/mol. The number of nitrogens with zero attached hydrogens (tertiary/aromatic N) is 1. The minimum Gasteiger partial charge on any atom is -0.497 e. The highest BCUT2D eigenvalue weighted by Crippen LogP contribution is 2.32. The zero-order valence-corrected chi connectivity index (χ0v) is 14.6. The molecule has 4 heteroatoms. The van der Waals surface area contributed by atoms with E-state index in [1.54, 1.807) is 20.3 Å². The van der Waals surface area contributed by atoms with Gasteiger partial charge in [0, 0.05) is 17.7 Å². The summed E-state index contributed by atoms with van der Waals surface area (Å²) in [5.41, 5.74) is 1.97. The van der Waals surface area contributed by atoms with Crippen molar-refractivity contribution in [2.45, 2.75) is 25.4 Å². The van der Waals surface area contributed by atoms with Gasteiger partial charge in [-0.2, -0.15) is 0 Å². The molecular weight excluding hydrogens is 314 g/mol. The highest BCUT2D eigenvalue weighted by molar-refractivity contribution is 5.92. The fourth-order valence-corrected chi connectivity index (χ4v) is 2.79. The van der Waals surface area contributed by atoms with Crippen molar-refractivity contribution in [3.8, 4) is 11.5 Å². The van der Waals surface area contributed by atoms with Crippen LogP contribution < -0.4 is 9.47 Å². The smallest absolute Gasteiger partial charge is 0.247 e. The Morgan fingerprint density at radius 1 is 1.12 bits per heavy atom. The average Bonchev–Trinajstić information content (AvgIpc) is 3.49. The molecule has 2 aromatic rings. The fraction of sp³-hybridized carbons (Fsp3) is 0.286. The van der Waals surface area contributed by atoms with Crippen LogP contribution in [0.3, 0.4) is 0 Å². The van der Waals surface area contributed by atoms with Crippen LogP contribution in [0.2, 0.25) is 0 Å². The van der Waals surface area contributed by atoms with Crippen LogP contribution in [0, 0.1) is 0 Å². The van der Waals surface area contributed by atoms with Gasteiger partial charge in [0.05, 0.1) is 20.8 Å². The third-order valence-corrected chi connectivity index (χ3v) is 4.32. The van der Waals surface area contributed by atoms with Crippen LogP contribution in [0.15, 0.2) is 54.6 Å². The van der Waals surface area contributed by atoms with Crippen molar-refractivity contribution >= 4 is 12.0 Å². The molecule has 0 spiro atoms. The molecule has 0 bridgehead atoms. The third-order valence-electron chi connectivity index (χ3n) is 4.32. The Kier molecular flexibility index (Phi) is 5.39. The minimum absolute atomic E-state index is 0.0243. The molecule has 1 amide bonds. The molecule has 0 saturated heterocycles. The fourth-order valence-electron chi connectivity index (χ4n) is 2.79. The number of rotatable bonds is 7. The third kappa shape index (κ3) is 4.41. The lowest BCUT2D eigenvalue weighted by Crippen LogP contribution is -2.31. The van der Waals surface area contributed by atoms with Crippen molar-refractivity contribution in [2.24, 2.45) is 0 Å². The maximum atomic E-state index is 12.7. The lowest BCUT2D eigenvalue weighted by atomic mass is 10.1. The van der Waals surface area contributed by atoms with Gasteiger partial charge >= 0.3 is 0 Å². The summed E-state index contributed by atoms with van der Waals surface area (Å²) in [6.45, 7) is 0.517. The molecule has 0 radical (unpaired) electrons. The second-order valence-corrected chi connectivity index (χ2v) is 6.12. The first-order valence-electron chi connectivity index (χ1n) is 8.46. The number of ether oxygens (including phenoxy) is 2. The van der Waals surface area contributed by atoms with Gasteiger partial charge in [0.1, 0.15) is 11.5 Å². The Morgan fingerprint density at radius 3 is 2.52 bits per heavy atom. The number of hydrogen-bond acceptors (Lipinski definition) is 3. The lowest BCUT2D eigenvalue weighted by Gasteiger charge is -2.22. The van der Waals surface area contributed by atoms with E-state index >= 15 is 0 Å². The molecule has 0 aromatic heterocycles. The molecular formula is C21H23NO3. The number of hydrogen-bond donors (Lipinski definition) is 0. The molecule has 0 atom stereocenters. The van der Waals surface area contributed by atoms with Gasteiger partial charge in [0.2, 0.25) is 5.91 Å². The van der Waals surface area contributed by atoms with Crippen LogP contribution in [0.1, 0.15) is 24.0 Å². The second-order valence-electron chi connectivity index (χ2n) is 6.12. The summed E-state index contributed by atoms with van der Waals surface area (Å²) < 4.78 is 10.7. The van der Waals surface area contributed by atoms with Gasteiger partial charge in [-0.05, 0) is 42.7 Å². The normalized spacial score (nSPS) is 13.7. The first kappa shape index (κ1) is 17.1. The van der Waals surface area contributed by atoms with Crippen molar-refractivity contribution in [2.75, 3.05) is 14.2 Å². The van der Waals surface area contributed by atoms with E-state index in [0.29, 0.717) is 12.6 Å². The highest BCUT2D eigenvalue weighted by Gasteiger charge is 2.32. The lowest BCUT2D eigenvalue weighted by molar-refractivity contribution is -0.127. The van der Waals surface area contributed by atoms with Gasteiger partial charge in [-0.3, -0.25) is 4.79 Å². The van der Waals surface area contributed by atoms with E-state index in [1.165, 1.54) is 0 Å². The van der Waals surface area contributed by atoms with Gasteiger partial charge in [-0.1, -0.05) is 30.3 Å². The molecule has 3 rings (SSSR count). The number of methoxy groups -OCH3 is 2. The largest absolute Gasteiger partial charge is 0.497 e. The summed E-state index contributed by atoms with van der Waals surface area (Å²) >= 11 is 0. The SMILES string of the molecule is COc1ccc(OC)c(CN(C(=O)/C=C/c2ccccc2)C2CC2)c1. The zero-order valence-electron chi connectivity index (χ0n) is 14.6. The topological polar surface area (TPSA) is 38.8 Å². The summed E-state index contributed by atoms with van der Waals surface area (Å²) in [5, 5.41) is 0. The van der Waals surface area contributed by atoms with Gasteiger partial charge in [-0.25, -0.2) is 0 Å². The van der Waals surface area contributed by atoms with Crippen LogP contribution in [-0.2, 0) is 11.3 Å². The Labute approximate surface area is 148 Å². The molecule has 0 N–H and O–H groups in total. The van der Waals surface area contributed by atoms with E-state index in [1.807, 2.05) is 59.5 Å². The monoisotopic (exact) mass is 337 g/mol. The summed E-state index contributed by atoms with van der Waals surface area (Å²) in [7, 11) is 3.28. The standard InChI is InChI=1S/C21H23NO3/c1-24-19-11-12-20(25-2)17(14-19)15-22(18-9-10-18)21(23)13-8-16-6-4-3-5-7-16/h3-8,11-14,18H,9-10,15H2,1-2H3/b13-8+. The van der Waals surface area contributed by atoms with Crippen LogP contribution in [0.4, 0.5) is 0 Å².